The summed E-state index contributed by atoms with van der Waals surface area (Å²) in [5.74, 6) is -1.99. The second-order valence-electron chi connectivity index (χ2n) is 4.25. The van der Waals surface area contributed by atoms with Crippen LogP contribution in [0, 0.1) is 16.0 Å². The Morgan fingerprint density at radius 3 is 2.65 bits per heavy atom. The lowest BCUT2D eigenvalue weighted by Crippen LogP contribution is -2.32. The number of carboxylic acids is 1. The molecule has 20 heavy (non-hydrogen) atoms. The van der Waals surface area contributed by atoms with E-state index in [1.54, 1.807) is 0 Å². The van der Waals surface area contributed by atoms with Gasteiger partial charge in [-0.3, -0.25) is 19.7 Å². The number of aliphatic carboxylic acids is 1. The van der Waals surface area contributed by atoms with Crippen molar-refractivity contribution in [2.45, 2.75) is 13.3 Å². The number of nitro groups is 1. The summed E-state index contributed by atoms with van der Waals surface area (Å²) in [6.45, 7) is 1.53. The van der Waals surface area contributed by atoms with Gasteiger partial charge in [-0.2, -0.15) is 0 Å². The number of rotatable bonds is 6. The van der Waals surface area contributed by atoms with Crippen molar-refractivity contribution in [1.82, 2.24) is 5.32 Å². The van der Waals surface area contributed by atoms with Crippen molar-refractivity contribution < 1.29 is 19.6 Å². The van der Waals surface area contributed by atoms with E-state index in [1.165, 1.54) is 25.1 Å². The quantitative estimate of drug-likeness (QED) is 0.603. The Morgan fingerprint density at radius 2 is 2.15 bits per heavy atom. The van der Waals surface area contributed by atoms with Crippen LogP contribution < -0.4 is 5.32 Å². The van der Waals surface area contributed by atoms with Crippen molar-refractivity contribution in [3.8, 4) is 0 Å². The summed E-state index contributed by atoms with van der Waals surface area (Å²) >= 11 is 3.17. The Hall–Kier alpha value is -1.96. The Morgan fingerprint density at radius 1 is 1.50 bits per heavy atom. The zero-order valence-electron chi connectivity index (χ0n) is 10.6. The van der Waals surface area contributed by atoms with Crippen molar-refractivity contribution in [1.29, 1.82) is 0 Å². The van der Waals surface area contributed by atoms with Crippen LogP contribution in [-0.2, 0) is 16.0 Å². The van der Waals surface area contributed by atoms with Gasteiger partial charge in [0.2, 0.25) is 5.91 Å². The Kier molecular flexibility index (Phi) is 5.63. The summed E-state index contributed by atoms with van der Waals surface area (Å²) in [4.78, 5) is 32.3. The van der Waals surface area contributed by atoms with Crippen LogP contribution in [-0.4, -0.2) is 28.5 Å². The molecule has 0 saturated carbocycles. The average molecular weight is 345 g/mol. The molecule has 0 aliphatic carbocycles. The molecule has 1 aromatic rings. The molecule has 2 N–H and O–H groups in total. The zero-order valence-corrected chi connectivity index (χ0v) is 12.2. The molecule has 0 saturated heterocycles. The van der Waals surface area contributed by atoms with E-state index in [0.717, 1.165) is 0 Å². The monoisotopic (exact) mass is 344 g/mol. The number of carbonyl (C=O) groups is 2. The zero-order chi connectivity index (χ0) is 15.3. The van der Waals surface area contributed by atoms with E-state index in [9.17, 15) is 19.7 Å². The summed E-state index contributed by atoms with van der Waals surface area (Å²) < 4.78 is 0.466. The summed E-state index contributed by atoms with van der Waals surface area (Å²) in [5, 5.41) is 21.8. The minimum absolute atomic E-state index is 0.0188. The Labute approximate surface area is 123 Å². The number of amides is 1. The van der Waals surface area contributed by atoms with Crippen LogP contribution >= 0.6 is 15.9 Å². The minimum Gasteiger partial charge on any atom is -0.481 e. The van der Waals surface area contributed by atoms with E-state index < -0.39 is 16.8 Å². The van der Waals surface area contributed by atoms with Gasteiger partial charge in [-0.1, -0.05) is 28.9 Å². The molecule has 7 nitrogen and oxygen atoms in total. The van der Waals surface area contributed by atoms with Crippen LogP contribution in [0.3, 0.4) is 0 Å². The molecule has 0 aliphatic heterocycles. The number of nitrogens with zero attached hydrogens (tertiary/aromatic N) is 1. The number of hydrogen-bond acceptors (Lipinski definition) is 4. The van der Waals surface area contributed by atoms with Gasteiger partial charge in [0.05, 0.1) is 17.3 Å². The van der Waals surface area contributed by atoms with Gasteiger partial charge in [0, 0.05) is 23.2 Å². The van der Waals surface area contributed by atoms with E-state index in [2.05, 4.69) is 21.2 Å². The van der Waals surface area contributed by atoms with Gasteiger partial charge in [0.15, 0.2) is 0 Å². The molecule has 1 amide bonds. The van der Waals surface area contributed by atoms with E-state index in [-0.39, 0.29) is 24.6 Å². The van der Waals surface area contributed by atoms with Gasteiger partial charge in [-0.15, -0.1) is 0 Å². The predicted molar refractivity (Wildman–Crippen MR) is 74.3 cm³/mol. The largest absolute Gasteiger partial charge is 0.481 e. The first-order valence-corrected chi connectivity index (χ1v) is 6.53. The molecule has 0 aliphatic rings. The van der Waals surface area contributed by atoms with Crippen molar-refractivity contribution in [2.24, 2.45) is 5.92 Å². The first-order valence-electron chi connectivity index (χ1n) is 5.73. The maximum Gasteiger partial charge on any atom is 0.308 e. The van der Waals surface area contributed by atoms with Crippen molar-refractivity contribution in [2.75, 3.05) is 6.54 Å². The van der Waals surface area contributed by atoms with Gasteiger partial charge in [-0.25, -0.2) is 0 Å². The fourth-order valence-corrected chi connectivity index (χ4v) is 1.89. The van der Waals surface area contributed by atoms with Crippen molar-refractivity contribution >= 4 is 33.5 Å². The third-order valence-corrected chi connectivity index (χ3v) is 3.36. The molecule has 8 heteroatoms. The lowest BCUT2D eigenvalue weighted by molar-refractivity contribution is -0.384. The van der Waals surface area contributed by atoms with Crippen LogP contribution in [0.25, 0.3) is 0 Å². The molecule has 0 aromatic heterocycles. The summed E-state index contributed by atoms with van der Waals surface area (Å²) in [6.07, 6.45) is 0.0188. The number of halogens is 1. The molecule has 0 fully saturated rings. The van der Waals surface area contributed by atoms with Crippen molar-refractivity contribution in [3.05, 3.63) is 38.3 Å². The third kappa shape index (κ3) is 4.61. The van der Waals surface area contributed by atoms with Gasteiger partial charge >= 0.3 is 5.97 Å². The molecular formula is C12H13BrN2O5. The second-order valence-corrected chi connectivity index (χ2v) is 5.11. The van der Waals surface area contributed by atoms with Crippen LogP contribution in [0.2, 0.25) is 0 Å². The van der Waals surface area contributed by atoms with Gasteiger partial charge < -0.3 is 10.4 Å². The fraction of sp³-hybridized carbons (Fsp3) is 0.333. The molecule has 1 rings (SSSR count). The van der Waals surface area contributed by atoms with Crippen LogP contribution in [0.5, 0.6) is 0 Å². The number of non-ortho nitro benzene ring substituents is 1. The highest BCUT2D eigenvalue weighted by atomic mass is 79.9. The second kappa shape index (κ2) is 6.99. The highest BCUT2D eigenvalue weighted by molar-refractivity contribution is 9.10. The van der Waals surface area contributed by atoms with E-state index >= 15 is 0 Å². The van der Waals surface area contributed by atoms with Crippen LogP contribution in [0.1, 0.15) is 12.5 Å². The smallest absolute Gasteiger partial charge is 0.308 e. The maximum absolute atomic E-state index is 11.7. The molecule has 0 heterocycles. The number of benzene rings is 1. The molecule has 0 radical (unpaired) electrons. The topological polar surface area (TPSA) is 110 Å². The summed E-state index contributed by atoms with van der Waals surface area (Å²) in [7, 11) is 0. The summed E-state index contributed by atoms with van der Waals surface area (Å²) in [6, 6.07) is 4.12. The first-order chi connectivity index (χ1) is 9.31. The maximum atomic E-state index is 11.7. The first kappa shape index (κ1) is 16.1. The lowest BCUT2D eigenvalue weighted by Gasteiger charge is -2.09. The fourth-order valence-electron chi connectivity index (χ4n) is 1.38. The number of hydrogen-bond donors (Lipinski definition) is 2. The Balaban J connectivity index is 2.62. The molecule has 1 unspecified atom stereocenters. The highest BCUT2D eigenvalue weighted by Crippen LogP contribution is 2.23. The lowest BCUT2D eigenvalue weighted by atomic mass is 10.1. The number of nitrogens with one attached hydrogen (secondary N) is 1. The summed E-state index contributed by atoms with van der Waals surface area (Å²) in [5.41, 5.74) is 0.525. The molecule has 1 aromatic carbocycles. The molecule has 108 valence electrons. The van der Waals surface area contributed by atoms with Crippen molar-refractivity contribution in [3.63, 3.8) is 0 Å². The standard InChI is InChI=1S/C12H13BrN2O5/c1-7(12(17)18)6-14-11(16)4-8-2-3-9(15(19)20)5-10(8)13/h2-3,5,7H,4,6H2,1H3,(H,14,16)(H,17,18). The van der Waals surface area contributed by atoms with Gasteiger partial charge in [0.25, 0.3) is 5.69 Å². The van der Waals surface area contributed by atoms with Gasteiger partial charge in [0.1, 0.15) is 0 Å². The SMILES string of the molecule is CC(CNC(=O)Cc1ccc([N+](=O)[O-])cc1Br)C(=O)O. The molecule has 1 atom stereocenters. The number of carbonyl (C=O) groups excluding carboxylic acids is 1. The molecular weight excluding hydrogens is 332 g/mol. The predicted octanol–water partition coefficient (Wildman–Crippen LogP) is 1.74. The van der Waals surface area contributed by atoms with Gasteiger partial charge in [-0.05, 0) is 5.56 Å². The number of carboxylic acid groups (broad SMARTS) is 1. The Bertz CT molecular complexity index is 547. The van der Waals surface area contributed by atoms with E-state index in [1.807, 2.05) is 0 Å². The average Bonchev–Trinajstić information content (AvgIpc) is 2.37. The normalized spacial score (nSPS) is 11.7. The third-order valence-electron chi connectivity index (χ3n) is 2.63. The molecule has 0 bridgehead atoms. The van der Waals surface area contributed by atoms with E-state index in [4.69, 9.17) is 5.11 Å². The van der Waals surface area contributed by atoms with Crippen LogP contribution in [0.4, 0.5) is 5.69 Å². The molecule has 0 spiro atoms. The minimum atomic E-state index is -0.984. The van der Waals surface area contributed by atoms with Crippen LogP contribution in [0.15, 0.2) is 22.7 Å². The number of nitro benzene ring substituents is 1. The van der Waals surface area contributed by atoms with E-state index in [0.29, 0.717) is 10.0 Å². The highest BCUT2D eigenvalue weighted by Gasteiger charge is 2.14.